The molecule has 80 valence electrons. The molecule has 0 aromatic carbocycles. The van der Waals surface area contributed by atoms with Crippen molar-refractivity contribution in [2.45, 2.75) is 26.7 Å². The van der Waals surface area contributed by atoms with E-state index in [9.17, 15) is 9.90 Å². The predicted molar refractivity (Wildman–Crippen MR) is 56.3 cm³/mol. The molecule has 0 spiro atoms. The lowest BCUT2D eigenvalue weighted by Gasteiger charge is -2.12. The summed E-state index contributed by atoms with van der Waals surface area (Å²) in [6.07, 6.45) is 2.89. The number of furan rings is 1. The topological polar surface area (TPSA) is 50.4 Å². The smallest absolute Gasteiger partial charge is 0.168 e. The van der Waals surface area contributed by atoms with Gasteiger partial charge in [0.15, 0.2) is 17.3 Å². The van der Waals surface area contributed by atoms with Gasteiger partial charge in [0.1, 0.15) is 0 Å². The Bertz CT molecular complexity index is 410. The zero-order valence-corrected chi connectivity index (χ0v) is 8.91. The van der Waals surface area contributed by atoms with Crippen molar-refractivity contribution in [3.63, 3.8) is 0 Å². The van der Waals surface area contributed by atoms with Crippen molar-refractivity contribution in [2.24, 2.45) is 5.41 Å². The van der Waals surface area contributed by atoms with Crippen molar-refractivity contribution in [2.75, 3.05) is 0 Å². The summed E-state index contributed by atoms with van der Waals surface area (Å²) in [4.78, 5) is 11.9. The molecule has 1 N–H and O–H groups in total. The van der Waals surface area contributed by atoms with E-state index in [0.717, 1.165) is 6.42 Å². The number of carbonyl (C=O) groups is 1. The van der Waals surface area contributed by atoms with Crippen LogP contribution in [0.2, 0.25) is 0 Å². The molecule has 0 saturated heterocycles. The van der Waals surface area contributed by atoms with E-state index in [-0.39, 0.29) is 17.0 Å². The standard InChI is InChI=1S/C12H14O3/c1-12(2)6-5-8(11(12)14)10(13)9-4-3-7-15-9/h3-4,7,13H,5-6H2,1-2H3. The summed E-state index contributed by atoms with van der Waals surface area (Å²) in [5.41, 5.74) is 0.144. The first-order chi connectivity index (χ1) is 7.02. The molecule has 1 saturated carbocycles. The quantitative estimate of drug-likeness (QED) is 0.567. The van der Waals surface area contributed by atoms with Gasteiger partial charge in [-0.15, -0.1) is 0 Å². The lowest BCUT2D eigenvalue weighted by molar-refractivity contribution is -0.121. The third-order valence-electron chi connectivity index (χ3n) is 2.93. The molecule has 15 heavy (non-hydrogen) atoms. The minimum absolute atomic E-state index is 0.00410. The zero-order chi connectivity index (χ0) is 11.1. The van der Waals surface area contributed by atoms with Crippen LogP contribution in [0.1, 0.15) is 32.4 Å². The van der Waals surface area contributed by atoms with Crippen molar-refractivity contribution >= 4 is 11.5 Å². The second-order valence-electron chi connectivity index (χ2n) is 4.52. The molecule has 1 aliphatic rings. The van der Waals surface area contributed by atoms with Gasteiger partial charge in [-0.1, -0.05) is 13.8 Å². The monoisotopic (exact) mass is 206 g/mol. The van der Waals surface area contributed by atoms with Crippen molar-refractivity contribution in [1.29, 1.82) is 0 Å². The average Bonchev–Trinajstić information content (AvgIpc) is 2.76. The maximum absolute atomic E-state index is 11.9. The first-order valence-electron chi connectivity index (χ1n) is 5.03. The number of hydrogen-bond acceptors (Lipinski definition) is 3. The summed E-state index contributed by atoms with van der Waals surface area (Å²) >= 11 is 0. The third-order valence-corrected chi connectivity index (χ3v) is 2.93. The number of ketones is 1. The van der Waals surface area contributed by atoms with E-state index in [0.29, 0.717) is 17.8 Å². The number of carbonyl (C=O) groups excluding carboxylic acids is 1. The predicted octanol–water partition coefficient (Wildman–Crippen LogP) is 2.94. The van der Waals surface area contributed by atoms with Gasteiger partial charge in [-0.25, -0.2) is 0 Å². The Hall–Kier alpha value is -1.51. The molecule has 1 fully saturated rings. The van der Waals surface area contributed by atoms with Gasteiger partial charge < -0.3 is 9.52 Å². The van der Waals surface area contributed by atoms with Crippen molar-refractivity contribution < 1.29 is 14.3 Å². The molecule has 0 amide bonds. The van der Waals surface area contributed by atoms with Crippen LogP contribution in [0.3, 0.4) is 0 Å². The maximum Gasteiger partial charge on any atom is 0.168 e. The summed E-state index contributed by atoms with van der Waals surface area (Å²) in [6, 6.07) is 3.34. The van der Waals surface area contributed by atoms with Crippen LogP contribution >= 0.6 is 0 Å². The first-order valence-corrected chi connectivity index (χ1v) is 5.03. The van der Waals surface area contributed by atoms with E-state index in [1.807, 2.05) is 13.8 Å². The fourth-order valence-corrected chi connectivity index (χ4v) is 1.86. The highest BCUT2D eigenvalue weighted by atomic mass is 16.4. The Balaban J connectivity index is 2.40. The zero-order valence-electron chi connectivity index (χ0n) is 8.91. The van der Waals surface area contributed by atoms with Crippen LogP contribution in [0.25, 0.3) is 5.76 Å². The van der Waals surface area contributed by atoms with E-state index in [2.05, 4.69) is 0 Å². The molecule has 0 aliphatic heterocycles. The Morgan fingerprint density at radius 3 is 2.73 bits per heavy atom. The summed E-state index contributed by atoms with van der Waals surface area (Å²) in [5.74, 6) is 0.392. The molecule has 0 radical (unpaired) electrons. The van der Waals surface area contributed by atoms with Crippen molar-refractivity contribution in [3.8, 4) is 0 Å². The van der Waals surface area contributed by atoms with Crippen LogP contribution in [0, 0.1) is 5.41 Å². The second-order valence-corrected chi connectivity index (χ2v) is 4.52. The van der Waals surface area contributed by atoms with Crippen LogP contribution in [0.15, 0.2) is 28.4 Å². The van der Waals surface area contributed by atoms with Crippen molar-refractivity contribution in [1.82, 2.24) is 0 Å². The molecular formula is C12H14O3. The van der Waals surface area contributed by atoms with Gasteiger partial charge in [0, 0.05) is 11.0 Å². The van der Waals surface area contributed by atoms with Crippen LogP contribution in [0.4, 0.5) is 0 Å². The van der Waals surface area contributed by atoms with Crippen LogP contribution in [0.5, 0.6) is 0 Å². The Kier molecular flexibility index (Phi) is 2.18. The van der Waals surface area contributed by atoms with E-state index in [4.69, 9.17) is 4.42 Å². The number of aliphatic hydroxyl groups excluding tert-OH is 1. The summed E-state index contributed by atoms with van der Waals surface area (Å²) < 4.78 is 5.06. The minimum atomic E-state index is -0.351. The van der Waals surface area contributed by atoms with Gasteiger partial charge in [-0.3, -0.25) is 4.79 Å². The molecule has 1 heterocycles. The third kappa shape index (κ3) is 1.58. The number of hydrogen-bond donors (Lipinski definition) is 1. The number of aliphatic hydroxyl groups is 1. The minimum Gasteiger partial charge on any atom is -0.504 e. The van der Waals surface area contributed by atoms with Crippen LogP contribution in [-0.4, -0.2) is 10.9 Å². The number of allylic oxidation sites excluding steroid dienone is 1. The van der Waals surface area contributed by atoms with E-state index >= 15 is 0 Å². The Morgan fingerprint density at radius 2 is 2.27 bits per heavy atom. The Morgan fingerprint density at radius 1 is 1.53 bits per heavy atom. The molecule has 1 aliphatic carbocycles. The van der Waals surface area contributed by atoms with Gasteiger partial charge in [0.2, 0.25) is 0 Å². The van der Waals surface area contributed by atoms with Crippen LogP contribution < -0.4 is 0 Å². The summed E-state index contributed by atoms with van der Waals surface area (Å²) in [5, 5.41) is 9.88. The molecule has 3 heteroatoms. The van der Waals surface area contributed by atoms with Crippen molar-refractivity contribution in [3.05, 3.63) is 29.7 Å². The number of rotatable bonds is 1. The normalized spacial score (nSPS) is 23.2. The van der Waals surface area contributed by atoms with Gasteiger partial charge >= 0.3 is 0 Å². The molecule has 0 bridgehead atoms. The SMILES string of the molecule is CC1(C)CCC(=C(O)c2ccco2)C1=O. The molecule has 0 atom stereocenters. The van der Waals surface area contributed by atoms with E-state index < -0.39 is 0 Å². The van der Waals surface area contributed by atoms with Crippen LogP contribution in [-0.2, 0) is 4.79 Å². The Labute approximate surface area is 88.4 Å². The summed E-state index contributed by atoms with van der Waals surface area (Å²) in [7, 11) is 0. The first kappa shape index (κ1) is 10.0. The highest BCUT2D eigenvalue weighted by Gasteiger charge is 2.38. The lowest BCUT2D eigenvalue weighted by Crippen LogP contribution is -2.17. The number of Topliss-reactive ketones (excluding diaryl/α,β-unsaturated/α-hetero) is 1. The highest BCUT2D eigenvalue weighted by molar-refractivity contribution is 6.06. The fraction of sp³-hybridized carbons (Fsp3) is 0.417. The van der Waals surface area contributed by atoms with Gasteiger partial charge in [0.25, 0.3) is 0 Å². The molecule has 0 unspecified atom stereocenters. The largest absolute Gasteiger partial charge is 0.504 e. The van der Waals surface area contributed by atoms with Gasteiger partial charge in [-0.2, -0.15) is 0 Å². The molecule has 3 nitrogen and oxygen atoms in total. The maximum atomic E-state index is 11.9. The van der Waals surface area contributed by atoms with Gasteiger partial charge in [0.05, 0.1) is 6.26 Å². The molecule has 1 aromatic rings. The van der Waals surface area contributed by atoms with E-state index in [1.165, 1.54) is 6.26 Å². The summed E-state index contributed by atoms with van der Waals surface area (Å²) in [6.45, 7) is 3.80. The second kappa shape index (κ2) is 3.26. The highest BCUT2D eigenvalue weighted by Crippen LogP contribution is 2.39. The fourth-order valence-electron chi connectivity index (χ4n) is 1.86. The van der Waals surface area contributed by atoms with E-state index in [1.54, 1.807) is 12.1 Å². The molecule has 1 aromatic heterocycles. The molecular weight excluding hydrogens is 192 g/mol. The lowest BCUT2D eigenvalue weighted by atomic mass is 9.90. The van der Waals surface area contributed by atoms with Gasteiger partial charge in [-0.05, 0) is 25.0 Å². The average molecular weight is 206 g/mol. The molecule has 2 rings (SSSR count).